The Hall–Kier alpha value is -6.91. The lowest BCUT2D eigenvalue weighted by Crippen LogP contribution is -2.09. The zero-order valence-corrected chi connectivity index (χ0v) is 27.5. The fourth-order valence-electron chi connectivity index (χ4n) is 7.18. The van der Waals surface area contributed by atoms with Gasteiger partial charge in [0.1, 0.15) is 16.7 Å². The van der Waals surface area contributed by atoms with E-state index in [1.807, 2.05) is 54.6 Å². The molecule has 0 fully saturated rings. The summed E-state index contributed by atoms with van der Waals surface area (Å²) in [4.78, 5) is 7.28. The van der Waals surface area contributed by atoms with Crippen molar-refractivity contribution >= 4 is 60.9 Å². The molecule has 10 rings (SSSR count). The first-order valence-electron chi connectivity index (χ1n) is 17.1. The first kappa shape index (κ1) is 29.0. The van der Waals surface area contributed by atoms with Crippen LogP contribution in [-0.4, -0.2) is 4.98 Å². The molecule has 0 saturated carbocycles. The van der Waals surface area contributed by atoms with Crippen LogP contribution in [0.5, 0.6) is 0 Å². The van der Waals surface area contributed by atoms with Crippen LogP contribution in [0.15, 0.2) is 191 Å². The highest BCUT2D eigenvalue weighted by Crippen LogP contribution is 2.44. The topological polar surface area (TPSA) is 42.4 Å². The highest BCUT2D eigenvalue weighted by molar-refractivity contribution is 6.16. The Labute approximate surface area is 294 Å². The third kappa shape index (κ3) is 5.04. The molecule has 0 saturated heterocycles. The van der Waals surface area contributed by atoms with E-state index in [9.17, 15) is 0 Å². The molecule has 4 heteroatoms. The van der Waals surface area contributed by atoms with Gasteiger partial charge in [-0.05, 0) is 88.1 Å². The van der Waals surface area contributed by atoms with Crippen LogP contribution in [0, 0.1) is 0 Å². The molecular formula is C47H30N2O2. The Kier molecular flexibility index (Phi) is 6.78. The molecule has 2 aromatic heterocycles. The summed E-state index contributed by atoms with van der Waals surface area (Å²) in [6, 6.07) is 63.4. The van der Waals surface area contributed by atoms with E-state index < -0.39 is 0 Å². The zero-order valence-electron chi connectivity index (χ0n) is 27.5. The van der Waals surface area contributed by atoms with E-state index in [0.29, 0.717) is 11.5 Å². The number of benzene rings is 8. The fraction of sp³-hybridized carbons (Fsp3) is 0. The van der Waals surface area contributed by atoms with Crippen LogP contribution < -0.4 is 4.90 Å². The molecule has 4 nitrogen and oxygen atoms in total. The number of para-hydroxylation sites is 1. The lowest BCUT2D eigenvalue weighted by Gasteiger charge is -2.26. The summed E-state index contributed by atoms with van der Waals surface area (Å²) < 4.78 is 13.1. The van der Waals surface area contributed by atoms with Crippen molar-refractivity contribution in [2.75, 3.05) is 4.90 Å². The average Bonchev–Trinajstić information content (AvgIpc) is 3.80. The molecule has 10 aromatic rings. The van der Waals surface area contributed by atoms with E-state index in [2.05, 4.69) is 132 Å². The molecule has 8 aromatic carbocycles. The normalized spacial score (nSPS) is 11.5. The van der Waals surface area contributed by atoms with Crippen molar-refractivity contribution < 1.29 is 8.83 Å². The van der Waals surface area contributed by atoms with Gasteiger partial charge in [0.25, 0.3) is 0 Å². The average molecular weight is 655 g/mol. The van der Waals surface area contributed by atoms with Gasteiger partial charge in [0.2, 0.25) is 5.89 Å². The van der Waals surface area contributed by atoms with Crippen molar-refractivity contribution in [1.29, 1.82) is 0 Å². The SMILES string of the molecule is c1ccc(-c2ccc(N(c3ccc(-c4c5oc(-c6ccccc6)nc5cc5c4oc4ccccc45)cc3)c3ccc4ccccc4c3)cc2)cc1. The van der Waals surface area contributed by atoms with Gasteiger partial charge in [-0.15, -0.1) is 0 Å². The maximum atomic E-state index is 6.57. The molecule has 0 N–H and O–H groups in total. The Morgan fingerprint density at radius 3 is 1.73 bits per heavy atom. The quantitative estimate of drug-likeness (QED) is 0.179. The van der Waals surface area contributed by atoms with E-state index in [1.54, 1.807) is 0 Å². The van der Waals surface area contributed by atoms with Gasteiger partial charge in [-0.25, -0.2) is 4.98 Å². The number of oxazole rings is 1. The van der Waals surface area contributed by atoms with Crippen LogP contribution in [-0.2, 0) is 0 Å². The van der Waals surface area contributed by atoms with Crippen molar-refractivity contribution in [2.24, 2.45) is 0 Å². The second-order valence-electron chi connectivity index (χ2n) is 12.8. The van der Waals surface area contributed by atoms with Crippen molar-refractivity contribution in [2.45, 2.75) is 0 Å². The number of rotatable bonds is 6. The van der Waals surface area contributed by atoms with Crippen LogP contribution in [0.25, 0.3) is 77.5 Å². The van der Waals surface area contributed by atoms with Crippen LogP contribution in [0.4, 0.5) is 17.1 Å². The van der Waals surface area contributed by atoms with Crippen LogP contribution in [0.2, 0.25) is 0 Å². The molecule has 2 heterocycles. The van der Waals surface area contributed by atoms with Crippen LogP contribution >= 0.6 is 0 Å². The maximum Gasteiger partial charge on any atom is 0.227 e. The van der Waals surface area contributed by atoms with E-state index >= 15 is 0 Å². The number of anilines is 3. The third-order valence-electron chi connectivity index (χ3n) is 9.68. The minimum absolute atomic E-state index is 0.585. The second-order valence-corrected chi connectivity index (χ2v) is 12.8. The predicted octanol–water partition coefficient (Wildman–Crippen LogP) is 13.4. The van der Waals surface area contributed by atoms with E-state index in [1.165, 1.54) is 21.9 Å². The van der Waals surface area contributed by atoms with Crippen molar-refractivity contribution in [3.8, 4) is 33.7 Å². The molecule has 240 valence electrons. The van der Waals surface area contributed by atoms with E-state index in [-0.39, 0.29) is 0 Å². The van der Waals surface area contributed by atoms with Gasteiger partial charge < -0.3 is 13.7 Å². The molecule has 51 heavy (non-hydrogen) atoms. The minimum Gasteiger partial charge on any atom is -0.455 e. The van der Waals surface area contributed by atoms with E-state index in [4.69, 9.17) is 13.8 Å². The fourth-order valence-corrected chi connectivity index (χ4v) is 7.18. The standard InChI is InChI=1S/C47H30N2O2/c1-3-11-31(12-4-1)33-19-24-37(25-20-33)49(39-28-21-32-13-7-8-16-36(32)29-39)38-26-22-34(23-27-38)44-45-41(40-17-9-10-18-43(40)50-45)30-42-46(44)51-47(48-42)35-14-5-2-6-15-35/h1-30H. The lowest BCUT2D eigenvalue weighted by molar-refractivity contribution is 0.619. The molecule has 0 unspecified atom stereocenters. The Bertz CT molecular complexity index is 2840. The molecule has 0 aliphatic heterocycles. The Balaban J connectivity index is 1.13. The number of nitrogens with zero attached hydrogens (tertiary/aromatic N) is 2. The summed E-state index contributed by atoms with van der Waals surface area (Å²) in [7, 11) is 0. The highest BCUT2D eigenvalue weighted by Gasteiger charge is 2.22. The van der Waals surface area contributed by atoms with Crippen molar-refractivity contribution in [3.63, 3.8) is 0 Å². The molecule has 0 aliphatic carbocycles. The summed E-state index contributed by atoms with van der Waals surface area (Å²) in [6.07, 6.45) is 0. The summed E-state index contributed by atoms with van der Waals surface area (Å²) in [5.74, 6) is 0.585. The number of aromatic nitrogens is 1. The van der Waals surface area contributed by atoms with Crippen LogP contribution in [0.1, 0.15) is 0 Å². The van der Waals surface area contributed by atoms with Gasteiger partial charge in [-0.3, -0.25) is 0 Å². The van der Waals surface area contributed by atoms with E-state index in [0.717, 1.165) is 61.2 Å². The summed E-state index contributed by atoms with van der Waals surface area (Å²) in [5.41, 5.74) is 11.5. The zero-order chi connectivity index (χ0) is 33.7. The predicted molar refractivity (Wildman–Crippen MR) is 210 cm³/mol. The maximum absolute atomic E-state index is 6.57. The summed E-state index contributed by atoms with van der Waals surface area (Å²) in [6.45, 7) is 0. The molecule has 0 aliphatic rings. The first-order valence-corrected chi connectivity index (χ1v) is 17.1. The van der Waals surface area contributed by atoms with Gasteiger partial charge in [-0.1, -0.05) is 121 Å². The van der Waals surface area contributed by atoms with Gasteiger partial charge in [0.15, 0.2) is 5.58 Å². The van der Waals surface area contributed by atoms with Gasteiger partial charge >= 0.3 is 0 Å². The van der Waals surface area contributed by atoms with Crippen molar-refractivity contribution in [1.82, 2.24) is 4.98 Å². The number of hydrogen-bond acceptors (Lipinski definition) is 4. The molecular weight excluding hydrogens is 625 g/mol. The molecule has 0 atom stereocenters. The minimum atomic E-state index is 0.585. The van der Waals surface area contributed by atoms with Gasteiger partial charge in [0.05, 0.1) is 5.56 Å². The third-order valence-corrected chi connectivity index (χ3v) is 9.68. The van der Waals surface area contributed by atoms with Crippen molar-refractivity contribution in [3.05, 3.63) is 182 Å². The summed E-state index contributed by atoms with van der Waals surface area (Å²) in [5, 5.41) is 4.47. The molecule has 0 bridgehead atoms. The number of furan rings is 1. The van der Waals surface area contributed by atoms with Gasteiger partial charge in [0, 0.05) is 33.4 Å². The summed E-state index contributed by atoms with van der Waals surface area (Å²) >= 11 is 0. The molecule has 0 spiro atoms. The smallest absolute Gasteiger partial charge is 0.227 e. The van der Waals surface area contributed by atoms with Gasteiger partial charge in [-0.2, -0.15) is 0 Å². The first-order chi connectivity index (χ1) is 25.3. The number of fused-ring (bicyclic) bond motifs is 5. The van der Waals surface area contributed by atoms with Crippen LogP contribution in [0.3, 0.4) is 0 Å². The Morgan fingerprint density at radius 2 is 0.980 bits per heavy atom. The molecule has 0 radical (unpaired) electrons. The highest BCUT2D eigenvalue weighted by atomic mass is 16.4. The second kappa shape index (κ2) is 11.9. The number of hydrogen-bond donors (Lipinski definition) is 0. The lowest BCUT2D eigenvalue weighted by atomic mass is 10.00. The monoisotopic (exact) mass is 654 g/mol. The Morgan fingerprint density at radius 1 is 0.392 bits per heavy atom. The largest absolute Gasteiger partial charge is 0.455 e. The molecule has 0 amide bonds.